The van der Waals surface area contributed by atoms with Gasteiger partial charge < -0.3 is 10.6 Å². The lowest BCUT2D eigenvalue weighted by Gasteiger charge is -2.08. The smallest absolute Gasteiger partial charge is 0.254 e. The van der Waals surface area contributed by atoms with Crippen molar-refractivity contribution in [2.24, 2.45) is 0 Å². The van der Waals surface area contributed by atoms with Crippen molar-refractivity contribution in [2.45, 2.75) is 13.0 Å². The highest BCUT2D eigenvalue weighted by Gasteiger charge is 2.26. The molecule has 0 aliphatic carbocycles. The highest BCUT2D eigenvalue weighted by Crippen LogP contribution is 2.26. The first kappa shape index (κ1) is 11.3. The van der Waals surface area contributed by atoms with Crippen LogP contribution in [0.1, 0.15) is 17.3 Å². The molecule has 1 aliphatic heterocycles. The number of benzene rings is 1. The first-order chi connectivity index (χ1) is 7.49. The molecule has 16 heavy (non-hydrogen) atoms. The number of anilines is 1. The zero-order valence-corrected chi connectivity index (χ0v) is 10.5. The Hall–Kier alpha value is -1.18. The molecule has 84 valence electrons. The summed E-state index contributed by atoms with van der Waals surface area (Å²) < 4.78 is 13.7. The van der Waals surface area contributed by atoms with Crippen LogP contribution >= 0.6 is 22.6 Å². The van der Waals surface area contributed by atoms with Gasteiger partial charge in [0.2, 0.25) is 5.91 Å². The first-order valence-electron chi connectivity index (χ1n) is 4.60. The first-order valence-corrected chi connectivity index (χ1v) is 5.67. The second-order valence-electron chi connectivity index (χ2n) is 3.49. The van der Waals surface area contributed by atoms with Crippen LogP contribution in [0.3, 0.4) is 0 Å². The molecule has 2 rings (SSSR count). The molecule has 6 heteroatoms. The topological polar surface area (TPSA) is 58.2 Å². The lowest BCUT2D eigenvalue weighted by atomic mass is 10.1. The lowest BCUT2D eigenvalue weighted by Crippen LogP contribution is -2.38. The number of rotatable bonds is 0. The van der Waals surface area contributed by atoms with Crippen molar-refractivity contribution < 1.29 is 14.0 Å². The monoisotopic (exact) mass is 334 g/mol. The number of fused-ring (bicyclic) bond motifs is 1. The van der Waals surface area contributed by atoms with Crippen molar-refractivity contribution in [3.8, 4) is 0 Å². The molecule has 0 aromatic heterocycles. The second kappa shape index (κ2) is 4.00. The fourth-order valence-electron chi connectivity index (χ4n) is 1.45. The van der Waals surface area contributed by atoms with Crippen LogP contribution in [-0.2, 0) is 4.79 Å². The number of carbonyl (C=O) groups is 2. The van der Waals surface area contributed by atoms with Gasteiger partial charge in [-0.3, -0.25) is 9.59 Å². The molecule has 0 saturated carbocycles. The van der Waals surface area contributed by atoms with Crippen molar-refractivity contribution in [1.82, 2.24) is 5.32 Å². The molecule has 2 amide bonds. The molecule has 0 bridgehead atoms. The predicted molar refractivity (Wildman–Crippen MR) is 64.7 cm³/mol. The molecular formula is C10H8FIN2O2. The van der Waals surface area contributed by atoms with E-state index in [1.165, 1.54) is 6.07 Å². The summed E-state index contributed by atoms with van der Waals surface area (Å²) in [5.41, 5.74) is 0.524. The molecule has 2 N–H and O–H groups in total. The van der Waals surface area contributed by atoms with E-state index >= 15 is 0 Å². The molecule has 1 atom stereocenters. The Morgan fingerprint density at radius 2 is 2.06 bits per heavy atom. The molecule has 1 aromatic rings. The predicted octanol–water partition coefficient (Wildman–Crippen LogP) is 1.50. The fourth-order valence-corrected chi connectivity index (χ4v) is 2.17. The Kier molecular flexibility index (Phi) is 2.83. The summed E-state index contributed by atoms with van der Waals surface area (Å²) in [6.07, 6.45) is 0. The quantitative estimate of drug-likeness (QED) is 0.707. The van der Waals surface area contributed by atoms with Crippen LogP contribution in [0, 0.1) is 9.39 Å². The molecule has 1 aromatic carbocycles. The molecule has 1 aliphatic rings. The summed E-state index contributed by atoms with van der Waals surface area (Å²) in [6, 6.07) is 1.76. The van der Waals surface area contributed by atoms with E-state index in [0.717, 1.165) is 6.07 Å². The van der Waals surface area contributed by atoms with Crippen LogP contribution in [0.15, 0.2) is 12.1 Å². The number of carbonyl (C=O) groups excluding carboxylic acids is 2. The van der Waals surface area contributed by atoms with E-state index in [1.807, 2.05) is 22.6 Å². The average molecular weight is 334 g/mol. The third-order valence-electron chi connectivity index (χ3n) is 2.29. The molecule has 0 radical (unpaired) electrons. The summed E-state index contributed by atoms with van der Waals surface area (Å²) in [6.45, 7) is 1.57. The number of hydrogen-bond donors (Lipinski definition) is 2. The fraction of sp³-hybridized carbons (Fsp3) is 0.200. The molecule has 0 saturated heterocycles. The van der Waals surface area contributed by atoms with Gasteiger partial charge in [0.25, 0.3) is 5.91 Å². The summed E-state index contributed by atoms with van der Waals surface area (Å²) >= 11 is 1.88. The van der Waals surface area contributed by atoms with E-state index in [1.54, 1.807) is 6.92 Å². The number of amides is 2. The van der Waals surface area contributed by atoms with Crippen molar-refractivity contribution >= 4 is 40.1 Å². The van der Waals surface area contributed by atoms with E-state index in [0.29, 0.717) is 9.26 Å². The van der Waals surface area contributed by atoms with Crippen LogP contribution < -0.4 is 10.6 Å². The summed E-state index contributed by atoms with van der Waals surface area (Å²) in [4.78, 5) is 23.2. The largest absolute Gasteiger partial charge is 0.340 e. The molecule has 4 nitrogen and oxygen atoms in total. The van der Waals surface area contributed by atoms with Crippen LogP contribution in [0.4, 0.5) is 10.1 Å². The van der Waals surface area contributed by atoms with Gasteiger partial charge in [0.1, 0.15) is 11.9 Å². The average Bonchev–Trinajstić information content (AvgIpc) is 2.29. The third kappa shape index (κ3) is 1.89. The van der Waals surface area contributed by atoms with Gasteiger partial charge in [-0.15, -0.1) is 0 Å². The van der Waals surface area contributed by atoms with Crippen molar-refractivity contribution in [2.75, 3.05) is 5.32 Å². The van der Waals surface area contributed by atoms with Crippen molar-refractivity contribution in [1.29, 1.82) is 0 Å². The minimum absolute atomic E-state index is 0.155. The summed E-state index contributed by atoms with van der Waals surface area (Å²) in [7, 11) is 0. The van der Waals surface area contributed by atoms with Crippen LogP contribution in [-0.4, -0.2) is 17.9 Å². The van der Waals surface area contributed by atoms with Crippen LogP contribution in [0.25, 0.3) is 0 Å². The zero-order chi connectivity index (χ0) is 11.9. The standard InChI is InChI=1S/C10H8FIN2O2/c1-4-9(15)14-8-6(10(16)13-4)2-5(11)3-7(8)12/h2-4H,1H3,(H,13,16)(H,14,15). The maximum atomic E-state index is 13.2. The van der Waals surface area contributed by atoms with Gasteiger partial charge in [0.15, 0.2) is 0 Å². The van der Waals surface area contributed by atoms with Crippen LogP contribution in [0.5, 0.6) is 0 Å². The van der Waals surface area contributed by atoms with Gasteiger partial charge in [0, 0.05) is 3.57 Å². The Balaban J connectivity index is 2.60. The van der Waals surface area contributed by atoms with Gasteiger partial charge in [0.05, 0.1) is 11.3 Å². The Labute approximate surface area is 105 Å². The van der Waals surface area contributed by atoms with Gasteiger partial charge in [-0.1, -0.05) is 0 Å². The molecule has 1 heterocycles. The van der Waals surface area contributed by atoms with Gasteiger partial charge in [-0.05, 0) is 41.6 Å². The Morgan fingerprint density at radius 3 is 2.75 bits per heavy atom. The van der Waals surface area contributed by atoms with E-state index in [2.05, 4.69) is 10.6 Å². The molecular weight excluding hydrogens is 326 g/mol. The highest BCUT2D eigenvalue weighted by atomic mass is 127. The summed E-state index contributed by atoms with van der Waals surface area (Å²) in [5.74, 6) is -1.25. The van der Waals surface area contributed by atoms with Crippen LogP contribution in [0.2, 0.25) is 0 Å². The van der Waals surface area contributed by atoms with E-state index < -0.39 is 17.8 Å². The summed E-state index contributed by atoms with van der Waals surface area (Å²) in [5, 5.41) is 5.08. The van der Waals surface area contributed by atoms with Gasteiger partial charge in [-0.2, -0.15) is 0 Å². The Bertz CT molecular complexity index is 490. The minimum Gasteiger partial charge on any atom is -0.340 e. The van der Waals surface area contributed by atoms with Crippen molar-refractivity contribution in [3.05, 3.63) is 27.1 Å². The number of halogens is 2. The maximum absolute atomic E-state index is 13.2. The lowest BCUT2D eigenvalue weighted by molar-refractivity contribution is -0.117. The third-order valence-corrected chi connectivity index (χ3v) is 3.14. The van der Waals surface area contributed by atoms with Gasteiger partial charge in [-0.25, -0.2) is 4.39 Å². The number of nitrogens with one attached hydrogen (secondary N) is 2. The molecule has 0 fully saturated rings. The van der Waals surface area contributed by atoms with Crippen molar-refractivity contribution in [3.63, 3.8) is 0 Å². The minimum atomic E-state index is -0.626. The highest BCUT2D eigenvalue weighted by molar-refractivity contribution is 14.1. The number of hydrogen-bond acceptors (Lipinski definition) is 2. The van der Waals surface area contributed by atoms with Gasteiger partial charge >= 0.3 is 0 Å². The van der Waals surface area contributed by atoms with E-state index in [9.17, 15) is 14.0 Å². The maximum Gasteiger partial charge on any atom is 0.254 e. The molecule has 0 spiro atoms. The second-order valence-corrected chi connectivity index (χ2v) is 4.66. The zero-order valence-electron chi connectivity index (χ0n) is 8.30. The molecule has 1 unspecified atom stereocenters. The SMILES string of the molecule is CC1NC(=O)c2cc(F)cc(I)c2NC1=O. The van der Waals surface area contributed by atoms with E-state index in [4.69, 9.17) is 0 Å². The van der Waals surface area contributed by atoms with E-state index in [-0.39, 0.29) is 11.5 Å². The Morgan fingerprint density at radius 1 is 1.38 bits per heavy atom. The normalized spacial score (nSPS) is 19.6.